The summed E-state index contributed by atoms with van der Waals surface area (Å²) in [6.07, 6.45) is 10.7. The van der Waals surface area contributed by atoms with Crippen molar-refractivity contribution in [2.45, 2.75) is 38.3 Å². The molecule has 0 aromatic carbocycles. The first-order valence-electron chi connectivity index (χ1n) is 5.57. The van der Waals surface area contributed by atoms with Crippen LogP contribution in [0.2, 0.25) is 0 Å². The molecule has 1 saturated carbocycles. The molecule has 0 saturated heterocycles. The molecular weight excluding hydrogens is 202 g/mol. The molecule has 0 spiro atoms. The van der Waals surface area contributed by atoms with Crippen LogP contribution in [0.3, 0.4) is 0 Å². The van der Waals surface area contributed by atoms with Crippen molar-refractivity contribution in [1.82, 2.24) is 9.78 Å². The van der Waals surface area contributed by atoms with E-state index in [9.17, 15) is 4.79 Å². The van der Waals surface area contributed by atoms with Crippen molar-refractivity contribution in [3.8, 4) is 12.3 Å². The molecule has 4 nitrogen and oxygen atoms in total. The number of aromatic nitrogens is 2. The van der Waals surface area contributed by atoms with Gasteiger partial charge in [0.15, 0.2) is 0 Å². The highest BCUT2D eigenvalue weighted by molar-refractivity contribution is 5.41. The first kappa shape index (κ1) is 10.7. The van der Waals surface area contributed by atoms with E-state index in [1.165, 1.54) is 17.5 Å². The smallest absolute Gasteiger partial charge is 0.268 e. The maximum Gasteiger partial charge on any atom is 0.268 e. The van der Waals surface area contributed by atoms with Crippen LogP contribution in [0.25, 0.3) is 0 Å². The minimum Gasteiger partial charge on any atom is -0.381 e. The largest absolute Gasteiger partial charge is 0.381 e. The van der Waals surface area contributed by atoms with E-state index in [-0.39, 0.29) is 5.56 Å². The Labute approximate surface area is 94.7 Å². The molecule has 0 unspecified atom stereocenters. The average Bonchev–Trinajstić information content (AvgIpc) is 3.05. The zero-order chi connectivity index (χ0) is 11.4. The van der Waals surface area contributed by atoms with Gasteiger partial charge in [0.1, 0.15) is 0 Å². The van der Waals surface area contributed by atoms with Crippen LogP contribution in [-0.4, -0.2) is 15.8 Å². The normalized spacial score (nSPS) is 14.4. The number of nitrogens with one attached hydrogen (secondary N) is 1. The van der Waals surface area contributed by atoms with Crippen LogP contribution < -0.4 is 10.9 Å². The summed E-state index contributed by atoms with van der Waals surface area (Å²) >= 11 is 0. The lowest BCUT2D eigenvalue weighted by molar-refractivity contribution is 0.555. The van der Waals surface area contributed by atoms with Crippen LogP contribution in [0.4, 0.5) is 5.69 Å². The molecule has 4 heteroatoms. The number of hydrogen-bond acceptors (Lipinski definition) is 3. The number of hydrogen-bond donors (Lipinski definition) is 1. The van der Waals surface area contributed by atoms with Gasteiger partial charge in [-0.25, -0.2) is 4.68 Å². The molecule has 1 aliphatic rings. The molecule has 0 amide bonds. The van der Waals surface area contributed by atoms with Gasteiger partial charge >= 0.3 is 0 Å². The molecular formula is C12H15N3O. The Morgan fingerprint density at radius 1 is 1.62 bits per heavy atom. The van der Waals surface area contributed by atoms with Crippen molar-refractivity contribution in [3.63, 3.8) is 0 Å². The van der Waals surface area contributed by atoms with Gasteiger partial charge in [0.05, 0.1) is 11.9 Å². The monoisotopic (exact) mass is 217 g/mol. The molecule has 0 aliphatic heterocycles. The quantitative estimate of drug-likeness (QED) is 0.596. The van der Waals surface area contributed by atoms with Gasteiger partial charge in [-0.15, -0.1) is 12.3 Å². The van der Waals surface area contributed by atoms with Crippen molar-refractivity contribution in [2.75, 3.05) is 5.32 Å². The van der Waals surface area contributed by atoms with Crippen molar-refractivity contribution < 1.29 is 0 Å². The lowest BCUT2D eigenvalue weighted by Gasteiger charge is -2.06. The van der Waals surface area contributed by atoms with Crippen LogP contribution in [0.5, 0.6) is 0 Å². The summed E-state index contributed by atoms with van der Waals surface area (Å²) in [6, 6.07) is 2.14. The summed E-state index contributed by atoms with van der Waals surface area (Å²) in [7, 11) is 0. The van der Waals surface area contributed by atoms with E-state index in [1.54, 1.807) is 12.3 Å². The topological polar surface area (TPSA) is 46.9 Å². The fourth-order valence-corrected chi connectivity index (χ4v) is 1.47. The van der Waals surface area contributed by atoms with Crippen molar-refractivity contribution in [1.29, 1.82) is 0 Å². The molecule has 1 fully saturated rings. The molecule has 1 aromatic rings. The standard InChI is InChI=1S/C12H15N3O/c1-2-3-4-7-15-12(16)8-11(9-13-15)14-10-5-6-10/h1,8-10,14H,3-7H2. The zero-order valence-corrected chi connectivity index (χ0v) is 9.15. The van der Waals surface area contributed by atoms with E-state index in [0.29, 0.717) is 19.0 Å². The average molecular weight is 217 g/mol. The van der Waals surface area contributed by atoms with Crippen LogP contribution in [0, 0.1) is 12.3 Å². The summed E-state index contributed by atoms with van der Waals surface area (Å²) < 4.78 is 1.45. The summed E-state index contributed by atoms with van der Waals surface area (Å²) in [4.78, 5) is 11.6. The molecule has 1 aromatic heterocycles. The van der Waals surface area contributed by atoms with Gasteiger partial charge in [-0.3, -0.25) is 4.79 Å². The van der Waals surface area contributed by atoms with Crippen LogP contribution in [-0.2, 0) is 6.54 Å². The van der Waals surface area contributed by atoms with Gasteiger partial charge in [0.2, 0.25) is 0 Å². The fourth-order valence-electron chi connectivity index (χ4n) is 1.47. The maximum absolute atomic E-state index is 11.6. The van der Waals surface area contributed by atoms with Crippen LogP contribution in [0.1, 0.15) is 25.7 Å². The zero-order valence-electron chi connectivity index (χ0n) is 9.15. The van der Waals surface area contributed by atoms with Gasteiger partial charge in [-0.2, -0.15) is 5.10 Å². The molecule has 0 atom stereocenters. The molecule has 1 aliphatic carbocycles. The predicted molar refractivity (Wildman–Crippen MR) is 63.2 cm³/mol. The third-order valence-corrected chi connectivity index (χ3v) is 2.51. The van der Waals surface area contributed by atoms with Crippen molar-refractivity contribution in [3.05, 3.63) is 22.6 Å². The Morgan fingerprint density at radius 3 is 3.06 bits per heavy atom. The van der Waals surface area contributed by atoms with E-state index in [4.69, 9.17) is 6.42 Å². The lowest BCUT2D eigenvalue weighted by atomic mass is 10.3. The highest BCUT2D eigenvalue weighted by atomic mass is 16.1. The van der Waals surface area contributed by atoms with Gasteiger partial charge in [0.25, 0.3) is 5.56 Å². The Bertz CT molecular complexity index is 454. The Hall–Kier alpha value is -1.76. The Balaban J connectivity index is 1.98. The third-order valence-electron chi connectivity index (χ3n) is 2.51. The molecule has 16 heavy (non-hydrogen) atoms. The van der Waals surface area contributed by atoms with Crippen LogP contribution >= 0.6 is 0 Å². The van der Waals surface area contributed by atoms with Crippen LogP contribution in [0.15, 0.2) is 17.1 Å². The maximum atomic E-state index is 11.6. The Kier molecular flexibility index (Phi) is 3.25. The fraction of sp³-hybridized carbons (Fsp3) is 0.500. The second kappa shape index (κ2) is 4.84. The molecule has 1 heterocycles. The highest BCUT2D eigenvalue weighted by Crippen LogP contribution is 2.23. The molecule has 1 N–H and O–H groups in total. The first-order chi connectivity index (χ1) is 7.79. The van der Waals surface area contributed by atoms with E-state index >= 15 is 0 Å². The van der Waals surface area contributed by atoms with Gasteiger partial charge in [0, 0.05) is 25.1 Å². The van der Waals surface area contributed by atoms with Gasteiger partial charge in [-0.05, 0) is 19.3 Å². The summed E-state index contributed by atoms with van der Waals surface area (Å²) in [6.45, 7) is 0.590. The van der Waals surface area contributed by atoms with Crippen molar-refractivity contribution in [2.24, 2.45) is 0 Å². The summed E-state index contributed by atoms with van der Waals surface area (Å²) in [5.41, 5.74) is 0.753. The second-order valence-electron chi connectivity index (χ2n) is 4.03. The summed E-state index contributed by atoms with van der Waals surface area (Å²) in [5.74, 6) is 2.55. The van der Waals surface area contributed by atoms with E-state index in [0.717, 1.165) is 12.1 Å². The van der Waals surface area contributed by atoms with Gasteiger partial charge in [-0.1, -0.05) is 0 Å². The lowest BCUT2D eigenvalue weighted by Crippen LogP contribution is -2.22. The minimum atomic E-state index is -0.0670. The number of nitrogens with zero attached hydrogens (tertiary/aromatic N) is 2. The van der Waals surface area contributed by atoms with Crippen molar-refractivity contribution >= 4 is 5.69 Å². The number of unbranched alkanes of at least 4 members (excludes halogenated alkanes) is 1. The number of terminal acetylenes is 1. The highest BCUT2D eigenvalue weighted by Gasteiger charge is 2.20. The minimum absolute atomic E-state index is 0.0670. The molecule has 0 radical (unpaired) electrons. The SMILES string of the molecule is C#CCCCn1ncc(NC2CC2)cc1=O. The summed E-state index contributed by atoms with van der Waals surface area (Å²) in [5, 5.41) is 7.35. The third kappa shape index (κ3) is 2.86. The second-order valence-corrected chi connectivity index (χ2v) is 4.03. The van der Waals surface area contributed by atoms with E-state index in [2.05, 4.69) is 16.3 Å². The van der Waals surface area contributed by atoms with E-state index < -0.39 is 0 Å². The number of aryl methyl sites for hydroxylation is 1. The predicted octanol–water partition coefficient (Wildman–Crippen LogP) is 1.23. The Morgan fingerprint density at radius 2 is 2.44 bits per heavy atom. The van der Waals surface area contributed by atoms with E-state index in [1.807, 2.05) is 0 Å². The molecule has 84 valence electrons. The van der Waals surface area contributed by atoms with Gasteiger partial charge < -0.3 is 5.32 Å². The number of anilines is 1. The molecule has 0 bridgehead atoms. The molecule has 2 rings (SSSR count). The number of rotatable bonds is 5. The first-order valence-corrected chi connectivity index (χ1v) is 5.57.